The van der Waals surface area contributed by atoms with Crippen molar-refractivity contribution < 1.29 is 4.74 Å². The largest absolute Gasteiger partial charge is 0.376 e. The fourth-order valence-corrected chi connectivity index (χ4v) is 1.98. The van der Waals surface area contributed by atoms with Gasteiger partial charge in [-0.25, -0.2) is 0 Å². The molecule has 1 aliphatic heterocycles. The number of ether oxygens (including phenoxy) is 1. The minimum absolute atomic E-state index is 0.394. The van der Waals surface area contributed by atoms with E-state index in [-0.39, 0.29) is 0 Å². The lowest BCUT2D eigenvalue weighted by molar-refractivity contribution is 0.127. The molecule has 1 nitrogen and oxygen atoms in total. The van der Waals surface area contributed by atoms with Gasteiger partial charge in [0.25, 0.3) is 0 Å². The Labute approximate surface area is 88.9 Å². The molecule has 2 heteroatoms. The van der Waals surface area contributed by atoms with Crippen LogP contribution >= 0.6 is 11.8 Å². The van der Waals surface area contributed by atoms with Gasteiger partial charge in [-0.05, 0) is 5.56 Å². The Kier molecular flexibility index (Phi) is 3.13. The molecule has 0 N–H and O–H groups in total. The molecular weight excluding hydrogens is 192 g/mol. The molecule has 1 aromatic carbocycles. The van der Waals surface area contributed by atoms with Gasteiger partial charge in [-0.3, -0.25) is 0 Å². The molecule has 2 atom stereocenters. The van der Waals surface area contributed by atoms with Gasteiger partial charge < -0.3 is 4.74 Å². The molecular formula is C12H12OS. The van der Waals surface area contributed by atoms with Crippen molar-refractivity contribution in [3.63, 3.8) is 0 Å². The smallest absolute Gasteiger partial charge is 0.0799 e. The average molecular weight is 204 g/mol. The Morgan fingerprint density at radius 1 is 1.36 bits per heavy atom. The van der Waals surface area contributed by atoms with Crippen LogP contribution in [0.4, 0.5) is 0 Å². The summed E-state index contributed by atoms with van der Waals surface area (Å²) in [5, 5.41) is 0.925. The van der Waals surface area contributed by atoms with Crippen molar-refractivity contribution in [2.24, 2.45) is 0 Å². The molecule has 0 spiro atoms. The highest BCUT2D eigenvalue weighted by Gasteiger charge is 2.36. The van der Waals surface area contributed by atoms with E-state index in [4.69, 9.17) is 11.2 Å². The van der Waals surface area contributed by atoms with Crippen LogP contribution in [0.5, 0.6) is 0 Å². The summed E-state index contributed by atoms with van der Waals surface area (Å²) in [6, 6.07) is 10.2. The summed E-state index contributed by atoms with van der Waals surface area (Å²) >= 11 is 1.81. The van der Waals surface area contributed by atoms with Crippen LogP contribution in [-0.2, 0) is 11.3 Å². The molecule has 1 aromatic rings. The number of hydrogen-bond acceptors (Lipinski definition) is 2. The summed E-state index contributed by atoms with van der Waals surface area (Å²) in [5.41, 5.74) is 1.22. The van der Waals surface area contributed by atoms with Crippen LogP contribution in [0.25, 0.3) is 0 Å². The molecule has 0 radical (unpaired) electrons. The summed E-state index contributed by atoms with van der Waals surface area (Å²) in [6.45, 7) is 1.46. The maximum absolute atomic E-state index is 5.56. The van der Waals surface area contributed by atoms with Gasteiger partial charge in [0.15, 0.2) is 0 Å². The average Bonchev–Trinajstić information content (AvgIpc) is 2.98. The standard InChI is InChI=1S/C12H12OS/c1-2-11-12(14-11)9-13-8-10-6-4-3-5-7-10/h1,3-7,11-12H,8-9H2/t11-,12-/m0/s1. The van der Waals surface area contributed by atoms with Crippen LogP contribution in [-0.4, -0.2) is 17.1 Å². The fraction of sp³-hybridized carbons (Fsp3) is 0.333. The molecule has 0 aromatic heterocycles. The molecule has 1 aliphatic rings. The van der Waals surface area contributed by atoms with Crippen LogP contribution in [0.3, 0.4) is 0 Å². The molecule has 0 aliphatic carbocycles. The molecule has 1 heterocycles. The highest BCUT2D eigenvalue weighted by molar-refractivity contribution is 8.08. The summed E-state index contributed by atoms with van der Waals surface area (Å²) < 4.78 is 5.56. The molecule has 2 rings (SSSR count). The lowest BCUT2D eigenvalue weighted by Gasteiger charge is -2.01. The number of terminal acetylenes is 1. The number of rotatable bonds is 4. The van der Waals surface area contributed by atoms with E-state index in [1.165, 1.54) is 5.56 Å². The summed E-state index contributed by atoms with van der Waals surface area (Å²) in [7, 11) is 0. The minimum atomic E-state index is 0.394. The van der Waals surface area contributed by atoms with E-state index in [1.54, 1.807) is 0 Å². The van der Waals surface area contributed by atoms with Gasteiger partial charge in [-0.1, -0.05) is 36.3 Å². The summed E-state index contributed by atoms with van der Waals surface area (Å²) in [5.74, 6) is 2.72. The van der Waals surface area contributed by atoms with Crippen LogP contribution in [0.15, 0.2) is 30.3 Å². The first-order valence-electron chi connectivity index (χ1n) is 4.63. The first-order valence-corrected chi connectivity index (χ1v) is 5.57. The van der Waals surface area contributed by atoms with Crippen molar-refractivity contribution in [2.45, 2.75) is 17.1 Å². The lowest BCUT2D eigenvalue weighted by atomic mass is 10.2. The Bertz CT molecular complexity index is 328. The Balaban J connectivity index is 1.67. The maximum Gasteiger partial charge on any atom is 0.0799 e. The highest BCUT2D eigenvalue weighted by Crippen LogP contribution is 2.40. The zero-order valence-electron chi connectivity index (χ0n) is 7.85. The van der Waals surface area contributed by atoms with Gasteiger partial charge in [0, 0.05) is 0 Å². The minimum Gasteiger partial charge on any atom is -0.376 e. The van der Waals surface area contributed by atoms with Crippen molar-refractivity contribution in [2.75, 3.05) is 6.61 Å². The van der Waals surface area contributed by atoms with E-state index in [2.05, 4.69) is 18.1 Å². The number of benzene rings is 1. The molecule has 0 bridgehead atoms. The predicted molar refractivity (Wildman–Crippen MR) is 60.1 cm³/mol. The van der Waals surface area contributed by atoms with Crippen molar-refractivity contribution in [1.82, 2.24) is 0 Å². The normalized spacial score (nSPS) is 24.2. The monoisotopic (exact) mass is 204 g/mol. The Morgan fingerprint density at radius 2 is 2.14 bits per heavy atom. The van der Waals surface area contributed by atoms with Crippen molar-refractivity contribution in [3.05, 3.63) is 35.9 Å². The topological polar surface area (TPSA) is 9.23 Å². The molecule has 0 unspecified atom stereocenters. The van der Waals surface area contributed by atoms with E-state index in [1.807, 2.05) is 30.0 Å². The van der Waals surface area contributed by atoms with E-state index in [9.17, 15) is 0 Å². The van der Waals surface area contributed by atoms with Crippen molar-refractivity contribution >= 4 is 11.8 Å². The zero-order valence-corrected chi connectivity index (χ0v) is 8.67. The fourth-order valence-electron chi connectivity index (χ4n) is 1.28. The maximum atomic E-state index is 5.56. The second-order valence-electron chi connectivity index (χ2n) is 3.26. The van der Waals surface area contributed by atoms with Gasteiger partial charge >= 0.3 is 0 Å². The van der Waals surface area contributed by atoms with Gasteiger partial charge in [0.1, 0.15) is 0 Å². The molecule has 0 saturated carbocycles. The van der Waals surface area contributed by atoms with Crippen molar-refractivity contribution in [3.8, 4) is 12.3 Å². The predicted octanol–water partition coefficient (Wildman–Crippen LogP) is 2.32. The van der Waals surface area contributed by atoms with Gasteiger partial charge in [-0.2, -0.15) is 0 Å². The van der Waals surface area contributed by atoms with Gasteiger partial charge in [0.05, 0.1) is 23.7 Å². The second kappa shape index (κ2) is 4.54. The van der Waals surface area contributed by atoms with Gasteiger partial charge in [0.2, 0.25) is 0 Å². The molecule has 14 heavy (non-hydrogen) atoms. The molecule has 1 saturated heterocycles. The zero-order chi connectivity index (χ0) is 9.80. The van der Waals surface area contributed by atoms with Crippen LogP contribution in [0.1, 0.15) is 5.56 Å². The van der Waals surface area contributed by atoms with Gasteiger partial charge in [-0.15, -0.1) is 18.2 Å². The quantitative estimate of drug-likeness (QED) is 0.550. The summed E-state index contributed by atoms with van der Waals surface area (Å²) in [6.07, 6.45) is 5.28. The number of hydrogen-bond donors (Lipinski definition) is 0. The molecule has 72 valence electrons. The third kappa shape index (κ3) is 2.54. The molecule has 1 fully saturated rings. The van der Waals surface area contributed by atoms with E-state index >= 15 is 0 Å². The first-order chi connectivity index (χ1) is 6.90. The van der Waals surface area contributed by atoms with E-state index in [0.717, 1.165) is 6.61 Å². The second-order valence-corrected chi connectivity index (χ2v) is 4.65. The number of thioether (sulfide) groups is 1. The summed E-state index contributed by atoms with van der Waals surface area (Å²) in [4.78, 5) is 0. The Morgan fingerprint density at radius 3 is 2.79 bits per heavy atom. The SMILES string of the molecule is C#C[C@@H]1S[C@H]1COCc1ccccc1. The first kappa shape index (κ1) is 9.64. The lowest BCUT2D eigenvalue weighted by Crippen LogP contribution is -2.03. The van der Waals surface area contributed by atoms with E-state index in [0.29, 0.717) is 17.1 Å². The van der Waals surface area contributed by atoms with Crippen molar-refractivity contribution in [1.29, 1.82) is 0 Å². The van der Waals surface area contributed by atoms with Crippen LogP contribution in [0, 0.1) is 12.3 Å². The third-order valence-electron chi connectivity index (χ3n) is 2.14. The molecule has 0 amide bonds. The Hall–Kier alpha value is -0.910. The third-order valence-corrected chi connectivity index (χ3v) is 3.34. The highest BCUT2D eigenvalue weighted by atomic mass is 32.2. The van der Waals surface area contributed by atoms with Crippen LogP contribution in [0.2, 0.25) is 0 Å². The van der Waals surface area contributed by atoms with E-state index < -0.39 is 0 Å². The van der Waals surface area contributed by atoms with Crippen LogP contribution < -0.4 is 0 Å².